The van der Waals surface area contributed by atoms with Gasteiger partial charge in [0.25, 0.3) is 5.91 Å². The summed E-state index contributed by atoms with van der Waals surface area (Å²) in [6, 6.07) is 20.2. The third kappa shape index (κ3) is 4.84. The number of hydrazine groups is 1. The highest BCUT2D eigenvalue weighted by Crippen LogP contribution is 2.26. The van der Waals surface area contributed by atoms with Gasteiger partial charge in [-0.1, -0.05) is 30.3 Å². The van der Waals surface area contributed by atoms with E-state index in [0.29, 0.717) is 5.76 Å². The Morgan fingerprint density at radius 3 is 2.48 bits per heavy atom. The van der Waals surface area contributed by atoms with Crippen molar-refractivity contribution in [2.45, 2.75) is 31.6 Å². The van der Waals surface area contributed by atoms with Crippen molar-refractivity contribution in [1.82, 2.24) is 15.2 Å². The Hall–Kier alpha value is -3.42. The van der Waals surface area contributed by atoms with Crippen LogP contribution >= 0.6 is 0 Å². The van der Waals surface area contributed by atoms with Crippen LogP contribution in [0.1, 0.15) is 29.0 Å². The summed E-state index contributed by atoms with van der Waals surface area (Å²) < 4.78 is 18.8. The van der Waals surface area contributed by atoms with Crippen LogP contribution in [0.25, 0.3) is 0 Å². The van der Waals surface area contributed by atoms with Crippen molar-refractivity contribution in [3.8, 4) is 0 Å². The molecule has 1 unspecified atom stereocenters. The summed E-state index contributed by atoms with van der Waals surface area (Å²) in [6.07, 6.45) is 6.80. The number of likely N-dealkylation sites (tertiary alicyclic amines) is 1. The van der Waals surface area contributed by atoms with Crippen molar-refractivity contribution in [3.63, 3.8) is 0 Å². The van der Waals surface area contributed by atoms with Crippen molar-refractivity contribution in [2.75, 3.05) is 18.1 Å². The maximum Gasteiger partial charge on any atom is 0.291 e. The van der Waals surface area contributed by atoms with Crippen LogP contribution in [0.15, 0.2) is 89.7 Å². The Balaban J connectivity index is 1.29. The third-order valence-electron chi connectivity index (χ3n) is 6.26. The van der Waals surface area contributed by atoms with Gasteiger partial charge in [0.2, 0.25) is 0 Å². The molecule has 170 valence electrons. The quantitative estimate of drug-likeness (QED) is 0.609. The van der Waals surface area contributed by atoms with Crippen molar-refractivity contribution < 1.29 is 13.6 Å². The zero-order chi connectivity index (χ0) is 22.6. The molecule has 2 aliphatic heterocycles. The molecule has 1 fully saturated rings. The lowest BCUT2D eigenvalue weighted by Gasteiger charge is -2.41. The van der Waals surface area contributed by atoms with Gasteiger partial charge in [0, 0.05) is 31.9 Å². The van der Waals surface area contributed by atoms with Crippen molar-refractivity contribution >= 4 is 11.6 Å². The van der Waals surface area contributed by atoms with Crippen LogP contribution in [0.4, 0.5) is 10.1 Å². The Bertz CT molecular complexity index is 1080. The predicted octanol–water partition coefficient (Wildman–Crippen LogP) is 4.39. The molecular formula is C26H27FN4O2. The Kier molecular flexibility index (Phi) is 6.24. The molecular weight excluding hydrogens is 419 g/mol. The monoisotopic (exact) mass is 446 g/mol. The lowest BCUT2D eigenvalue weighted by Crippen LogP contribution is -2.56. The number of carbonyl (C=O) groups excluding carboxylic acids is 1. The second-order valence-corrected chi connectivity index (χ2v) is 8.44. The summed E-state index contributed by atoms with van der Waals surface area (Å²) in [7, 11) is 0. The number of piperidine rings is 1. The molecule has 2 aromatic carbocycles. The second kappa shape index (κ2) is 9.60. The standard InChI is InChI=1S/C26H27FN4O2/c27-21-8-10-22(11-9-21)30-17-14-25(28-30)31(26(32)24-7-4-18-33-24)23-12-15-29(16-13-23)19-20-5-2-1-3-6-20/h1-11,14,17-18,23,25,28H,12-13,15-16,19H2. The minimum absolute atomic E-state index is 0.0740. The third-order valence-corrected chi connectivity index (χ3v) is 6.26. The molecule has 3 heterocycles. The van der Waals surface area contributed by atoms with E-state index < -0.39 is 0 Å². The summed E-state index contributed by atoms with van der Waals surface area (Å²) in [5, 5.41) is 1.82. The number of rotatable bonds is 6. The maximum absolute atomic E-state index is 13.4. The van der Waals surface area contributed by atoms with Crippen molar-refractivity contribution in [3.05, 3.63) is 102 Å². The highest BCUT2D eigenvalue weighted by molar-refractivity contribution is 5.92. The first-order chi connectivity index (χ1) is 16.2. The average molecular weight is 447 g/mol. The smallest absolute Gasteiger partial charge is 0.291 e. The molecule has 1 N–H and O–H groups in total. The van der Waals surface area contributed by atoms with Gasteiger partial charge in [0.15, 0.2) is 5.76 Å². The number of carbonyl (C=O) groups is 1. The minimum atomic E-state index is -0.321. The Labute approximate surface area is 192 Å². The van der Waals surface area contributed by atoms with Crippen LogP contribution in [0.5, 0.6) is 0 Å². The summed E-state index contributed by atoms with van der Waals surface area (Å²) in [6.45, 7) is 2.75. The zero-order valence-electron chi connectivity index (χ0n) is 18.3. The molecule has 6 nitrogen and oxygen atoms in total. The first-order valence-corrected chi connectivity index (χ1v) is 11.3. The zero-order valence-corrected chi connectivity index (χ0v) is 18.3. The fourth-order valence-corrected chi connectivity index (χ4v) is 4.56. The fraction of sp³-hybridized carbons (Fsp3) is 0.269. The van der Waals surface area contributed by atoms with Gasteiger partial charge in [0.05, 0.1) is 12.0 Å². The number of benzene rings is 2. The molecule has 0 radical (unpaired) electrons. The number of furan rings is 1. The summed E-state index contributed by atoms with van der Waals surface area (Å²) in [5.74, 6) is -0.0860. The van der Waals surface area contributed by atoms with Crippen LogP contribution in [-0.4, -0.2) is 41.0 Å². The number of nitrogens with one attached hydrogen (secondary N) is 1. The highest BCUT2D eigenvalue weighted by Gasteiger charge is 2.36. The van der Waals surface area contributed by atoms with E-state index in [-0.39, 0.29) is 23.9 Å². The molecule has 0 spiro atoms. The van der Waals surface area contributed by atoms with Crippen molar-refractivity contribution in [1.29, 1.82) is 0 Å². The number of hydrogen-bond acceptors (Lipinski definition) is 5. The molecule has 3 aromatic rings. The lowest BCUT2D eigenvalue weighted by atomic mass is 10.0. The van der Waals surface area contributed by atoms with Gasteiger partial charge in [-0.2, -0.15) is 0 Å². The molecule has 0 saturated carbocycles. The molecule has 0 aliphatic carbocycles. The van der Waals surface area contributed by atoms with E-state index in [0.717, 1.165) is 38.2 Å². The number of halogens is 1. The minimum Gasteiger partial charge on any atom is -0.459 e. The molecule has 1 atom stereocenters. The van der Waals surface area contributed by atoms with Crippen LogP contribution in [-0.2, 0) is 6.54 Å². The summed E-state index contributed by atoms with van der Waals surface area (Å²) >= 11 is 0. The van der Waals surface area contributed by atoms with E-state index in [1.807, 2.05) is 28.3 Å². The predicted molar refractivity (Wildman–Crippen MR) is 125 cm³/mol. The molecule has 2 aliphatic rings. The van der Waals surface area contributed by atoms with E-state index in [1.54, 1.807) is 24.3 Å². The normalized spacial score (nSPS) is 19.2. The van der Waals surface area contributed by atoms with Gasteiger partial charge >= 0.3 is 0 Å². The Morgan fingerprint density at radius 1 is 1.03 bits per heavy atom. The molecule has 1 aromatic heterocycles. The Morgan fingerprint density at radius 2 is 1.79 bits per heavy atom. The lowest BCUT2D eigenvalue weighted by molar-refractivity contribution is 0.0429. The van der Waals surface area contributed by atoms with E-state index in [1.165, 1.54) is 24.0 Å². The van der Waals surface area contributed by atoms with Gasteiger partial charge in [-0.15, -0.1) is 0 Å². The van der Waals surface area contributed by atoms with E-state index in [9.17, 15) is 9.18 Å². The topological polar surface area (TPSA) is 52.0 Å². The van der Waals surface area contributed by atoms with Gasteiger partial charge in [-0.3, -0.25) is 14.7 Å². The molecule has 0 bridgehead atoms. The molecule has 33 heavy (non-hydrogen) atoms. The van der Waals surface area contributed by atoms with E-state index >= 15 is 0 Å². The van der Waals surface area contributed by atoms with Crippen LogP contribution in [0, 0.1) is 5.82 Å². The highest BCUT2D eigenvalue weighted by atomic mass is 19.1. The SMILES string of the molecule is O=C(c1ccco1)N(C1CCN(Cc2ccccc2)CC1)C1C=CN(c2ccc(F)cc2)N1. The number of hydrogen-bond donors (Lipinski definition) is 1. The van der Waals surface area contributed by atoms with E-state index in [4.69, 9.17) is 4.42 Å². The average Bonchev–Trinajstić information content (AvgIpc) is 3.55. The van der Waals surface area contributed by atoms with Gasteiger partial charge < -0.3 is 9.32 Å². The second-order valence-electron chi connectivity index (χ2n) is 8.44. The number of anilines is 1. The van der Waals surface area contributed by atoms with Gasteiger partial charge in [-0.05, 0) is 60.9 Å². The van der Waals surface area contributed by atoms with Crippen LogP contribution in [0.2, 0.25) is 0 Å². The van der Waals surface area contributed by atoms with Crippen molar-refractivity contribution in [2.24, 2.45) is 0 Å². The number of amides is 1. The summed E-state index contributed by atoms with van der Waals surface area (Å²) in [5.41, 5.74) is 5.47. The van der Waals surface area contributed by atoms with Crippen LogP contribution < -0.4 is 10.4 Å². The first kappa shape index (κ1) is 21.4. The largest absolute Gasteiger partial charge is 0.459 e. The first-order valence-electron chi connectivity index (χ1n) is 11.3. The number of nitrogens with zero attached hydrogens (tertiary/aromatic N) is 3. The van der Waals surface area contributed by atoms with E-state index in [2.05, 4.69) is 34.6 Å². The van der Waals surface area contributed by atoms with Crippen LogP contribution in [0.3, 0.4) is 0 Å². The van der Waals surface area contributed by atoms with Gasteiger partial charge in [0.1, 0.15) is 12.0 Å². The molecule has 5 rings (SSSR count). The fourth-order valence-electron chi connectivity index (χ4n) is 4.56. The molecule has 7 heteroatoms. The molecule has 1 saturated heterocycles. The summed E-state index contributed by atoms with van der Waals surface area (Å²) in [4.78, 5) is 17.8. The maximum atomic E-state index is 13.4. The van der Waals surface area contributed by atoms with Gasteiger partial charge in [-0.25, -0.2) is 9.82 Å². The molecule has 1 amide bonds.